The van der Waals surface area contributed by atoms with Crippen molar-refractivity contribution in [2.24, 2.45) is 47.2 Å². The van der Waals surface area contributed by atoms with Crippen LogP contribution in [0.3, 0.4) is 0 Å². The number of aliphatic hydroxyl groups is 4. The molecule has 7 fully saturated rings. The number of hydrogen-bond donors (Lipinski definition) is 12. The first-order chi connectivity index (χ1) is 29.9. The van der Waals surface area contributed by atoms with Gasteiger partial charge in [-0.15, -0.1) is 0 Å². The monoisotopic (exact) mass is 919 g/mol. The Labute approximate surface area is 371 Å². The molecule has 21 heteroatoms. The van der Waals surface area contributed by atoms with Crippen LogP contribution in [0.15, 0.2) is 0 Å². The lowest BCUT2D eigenvalue weighted by Gasteiger charge is -2.02. The van der Waals surface area contributed by atoms with Crippen molar-refractivity contribution >= 4 is 53.4 Å². The summed E-state index contributed by atoms with van der Waals surface area (Å²) in [4.78, 5) is 92.6. The molecule has 0 aromatic carbocycles. The van der Waals surface area contributed by atoms with Crippen molar-refractivity contribution < 1.29 is 99.3 Å². The number of carboxylic acid groups (broad SMARTS) is 7. The van der Waals surface area contributed by atoms with Crippen LogP contribution >= 0.6 is 0 Å². The molecule has 0 amide bonds. The Kier molecular flexibility index (Phi) is 26.7. The molecular weight excluding hydrogens is 850 g/mol. The number of carbonyl (C=O) groups is 9. The van der Waals surface area contributed by atoms with Gasteiger partial charge in [0.2, 0.25) is 0 Å². The second kappa shape index (κ2) is 29.8. The summed E-state index contributed by atoms with van der Waals surface area (Å²) >= 11 is 0. The number of carbonyl (C=O) groups excluding carboxylic acids is 2. The number of aliphatic hydroxyl groups excluding tert-OH is 4. The van der Waals surface area contributed by atoms with E-state index < -0.39 is 53.6 Å². The maximum absolute atomic E-state index is 10.5. The maximum atomic E-state index is 10.5. The van der Waals surface area contributed by atoms with E-state index in [1.165, 1.54) is 0 Å². The van der Waals surface area contributed by atoms with Gasteiger partial charge in [-0.25, -0.2) is 0 Å². The van der Waals surface area contributed by atoms with Crippen LogP contribution in [0.2, 0.25) is 0 Å². The summed E-state index contributed by atoms with van der Waals surface area (Å²) < 4.78 is 0. The van der Waals surface area contributed by atoms with Crippen LogP contribution in [0.5, 0.6) is 0 Å². The Morgan fingerprint density at radius 2 is 0.688 bits per heavy atom. The van der Waals surface area contributed by atoms with E-state index in [2.05, 4.69) is 0 Å². The van der Waals surface area contributed by atoms with Gasteiger partial charge in [0.25, 0.3) is 0 Å². The minimum atomic E-state index is -0.833. The fourth-order valence-corrected chi connectivity index (χ4v) is 8.32. The predicted molar refractivity (Wildman–Crippen MR) is 221 cm³/mol. The third-order valence-corrected chi connectivity index (χ3v) is 12.3. The average Bonchev–Trinajstić information content (AvgIpc) is 4.06. The second-order valence-electron chi connectivity index (χ2n) is 17.7. The van der Waals surface area contributed by atoms with Crippen LogP contribution < -0.4 is 5.73 Å². The van der Waals surface area contributed by atoms with Gasteiger partial charge in [0, 0.05) is 38.1 Å². The second-order valence-corrected chi connectivity index (χ2v) is 17.7. The van der Waals surface area contributed by atoms with Gasteiger partial charge in [-0.05, 0) is 115 Å². The Balaban J connectivity index is 0.000000373. The molecule has 0 aromatic heterocycles. The molecule has 13 N–H and O–H groups in total. The number of rotatable bonds is 8. The van der Waals surface area contributed by atoms with E-state index in [9.17, 15) is 43.2 Å². The summed E-state index contributed by atoms with van der Waals surface area (Å²) in [6.07, 6.45) is 11.1. The van der Waals surface area contributed by atoms with E-state index in [0.29, 0.717) is 96.3 Å². The first-order valence-corrected chi connectivity index (χ1v) is 22.0. The lowest BCUT2D eigenvalue weighted by atomic mass is 10.0. The molecule has 366 valence electrons. The van der Waals surface area contributed by atoms with Crippen molar-refractivity contribution in [3.8, 4) is 0 Å². The van der Waals surface area contributed by atoms with Crippen LogP contribution in [0.4, 0.5) is 0 Å². The number of carboxylic acids is 7. The molecule has 0 unspecified atom stereocenters. The van der Waals surface area contributed by atoms with Crippen molar-refractivity contribution in [1.29, 1.82) is 0 Å². The number of aliphatic carboxylic acids is 7. The molecule has 7 aliphatic rings. The molecule has 0 radical (unpaired) electrons. The van der Waals surface area contributed by atoms with Crippen LogP contribution in [-0.2, 0) is 43.2 Å². The van der Waals surface area contributed by atoms with Gasteiger partial charge >= 0.3 is 41.8 Å². The molecule has 12 atom stereocenters. The van der Waals surface area contributed by atoms with Crippen LogP contribution in [0.1, 0.15) is 141 Å². The third-order valence-electron chi connectivity index (χ3n) is 12.3. The van der Waals surface area contributed by atoms with E-state index in [4.69, 9.17) is 61.9 Å². The number of ketones is 2. The molecule has 0 bridgehead atoms. The summed E-state index contributed by atoms with van der Waals surface area (Å²) in [5.74, 6) is -6.86. The van der Waals surface area contributed by atoms with E-state index in [-0.39, 0.29) is 90.9 Å². The van der Waals surface area contributed by atoms with Crippen molar-refractivity contribution in [2.45, 2.75) is 172 Å². The zero-order chi connectivity index (χ0) is 48.7. The SMILES string of the molecule is N[C@H]1CC[C@H](C(=O)O)C1.O=C(O)C[C@H]1CC[C@H](O)C1.O=C(O)[C@@H]1CC[C@@H](O)C1.O=C(O)[C@H]1CC[C@@H](O)C1.O=C(O)[C@H]1CC[C@H](O)C1.O=C1CC[C@@H](C(=O)O)C1.O=C1CC[C@H](C(=O)O)C1. The molecule has 0 saturated heterocycles. The summed E-state index contributed by atoms with van der Waals surface area (Å²) in [6, 6.07) is 0.131. The molecule has 21 nitrogen and oxygen atoms in total. The van der Waals surface area contributed by atoms with Gasteiger partial charge in [0.1, 0.15) is 11.6 Å². The van der Waals surface area contributed by atoms with Crippen molar-refractivity contribution in [3.05, 3.63) is 0 Å². The molecule has 0 spiro atoms. The highest BCUT2D eigenvalue weighted by atomic mass is 16.4. The molecular formula is C43H69NO20. The van der Waals surface area contributed by atoms with Crippen LogP contribution in [-0.4, -0.2) is 140 Å². The Morgan fingerprint density at radius 1 is 0.391 bits per heavy atom. The summed E-state index contributed by atoms with van der Waals surface area (Å²) in [6.45, 7) is 0. The standard InChI is InChI=1S/C7H12O3.C6H11NO2.3C6H10O3.2C6H8O3/c8-6-2-1-5(3-6)4-7(9)10;6*7-5-2-1-4(3-5)6(8)9/h5-6,8H,1-4H2,(H,9,10);4-5H,1-3,7H2,(H,8,9);3*4-5,7H,1-3H2,(H,8,9);2*4H,1-3H2,(H,8,9)/t5-,6-;4-,5-;4-,5+;2*4-,5-;2*4-/m0001010/s1. The molecule has 0 aliphatic heterocycles. The van der Waals surface area contributed by atoms with Crippen molar-refractivity contribution in [3.63, 3.8) is 0 Å². The largest absolute Gasteiger partial charge is 0.481 e. The molecule has 0 aromatic rings. The van der Waals surface area contributed by atoms with E-state index in [1.807, 2.05) is 0 Å². The van der Waals surface area contributed by atoms with E-state index in [0.717, 1.165) is 25.7 Å². The first kappa shape index (κ1) is 57.4. The van der Waals surface area contributed by atoms with Gasteiger partial charge < -0.3 is 61.9 Å². The van der Waals surface area contributed by atoms with Gasteiger partial charge in [-0.1, -0.05) is 0 Å². The molecule has 64 heavy (non-hydrogen) atoms. The first-order valence-electron chi connectivity index (χ1n) is 22.0. The maximum Gasteiger partial charge on any atom is 0.306 e. The third kappa shape index (κ3) is 24.5. The highest BCUT2D eigenvalue weighted by Gasteiger charge is 2.31. The molecule has 7 saturated carbocycles. The predicted octanol–water partition coefficient (Wildman–Crippen LogP) is 2.40. The zero-order valence-corrected chi connectivity index (χ0v) is 36.2. The minimum Gasteiger partial charge on any atom is -0.481 e. The summed E-state index contributed by atoms with van der Waals surface area (Å²) in [5.41, 5.74) is 5.50. The highest BCUT2D eigenvalue weighted by Crippen LogP contribution is 2.29. The number of Topliss-reactive ketones (excluding diaryl/α,β-unsaturated/α-hetero) is 2. The molecule has 7 rings (SSSR count). The minimum absolute atomic E-state index is 0.0856. The fraction of sp³-hybridized carbons (Fsp3) is 0.791. The summed E-state index contributed by atoms with van der Waals surface area (Å²) in [5, 5.41) is 94.5. The van der Waals surface area contributed by atoms with Crippen molar-refractivity contribution in [1.82, 2.24) is 0 Å². The fourth-order valence-electron chi connectivity index (χ4n) is 8.32. The lowest BCUT2D eigenvalue weighted by Crippen LogP contribution is -2.17. The number of nitrogens with two attached hydrogens (primary N) is 1. The smallest absolute Gasteiger partial charge is 0.306 e. The van der Waals surface area contributed by atoms with Crippen LogP contribution in [0, 0.1) is 41.4 Å². The number of hydrogen-bond acceptors (Lipinski definition) is 14. The Morgan fingerprint density at radius 3 is 0.844 bits per heavy atom. The Bertz CT molecular complexity index is 1400. The lowest BCUT2D eigenvalue weighted by molar-refractivity contribution is -0.142. The molecule has 7 aliphatic carbocycles. The van der Waals surface area contributed by atoms with Crippen molar-refractivity contribution in [2.75, 3.05) is 0 Å². The summed E-state index contributed by atoms with van der Waals surface area (Å²) in [7, 11) is 0. The Hall–Kier alpha value is -4.57. The molecule has 0 heterocycles. The topological polar surface area (TPSA) is 402 Å². The average molecular weight is 920 g/mol. The normalized spacial score (nSPS) is 32.1. The zero-order valence-electron chi connectivity index (χ0n) is 36.2. The van der Waals surface area contributed by atoms with Gasteiger partial charge in [-0.3, -0.25) is 43.2 Å². The van der Waals surface area contributed by atoms with E-state index >= 15 is 0 Å². The van der Waals surface area contributed by atoms with E-state index in [1.54, 1.807) is 0 Å². The quantitative estimate of drug-likeness (QED) is 0.166. The van der Waals surface area contributed by atoms with Gasteiger partial charge in [-0.2, -0.15) is 0 Å². The van der Waals surface area contributed by atoms with Gasteiger partial charge in [0.05, 0.1) is 59.9 Å². The van der Waals surface area contributed by atoms with Crippen LogP contribution in [0.25, 0.3) is 0 Å². The van der Waals surface area contributed by atoms with Gasteiger partial charge in [0.15, 0.2) is 0 Å². The highest BCUT2D eigenvalue weighted by molar-refractivity contribution is 5.87.